The van der Waals surface area contributed by atoms with Gasteiger partial charge in [-0.25, -0.2) is 4.79 Å². The van der Waals surface area contributed by atoms with Gasteiger partial charge < -0.3 is 19.7 Å². The fourth-order valence-electron chi connectivity index (χ4n) is 2.47. The summed E-state index contributed by atoms with van der Waals surface area (Å²) < 4.78 is 47.8. The number of likely N-dealkylation sites (tertiary alicyclic amines) is 1. The SMILES string of the molecule is CCOc1ccccc1OC1CCN(C(=O)NCC(F)(F)F)CC1. The zero-order chi connectivity index (χ0) is 17.6. The van der Waals surface area contributed by atoms with Crippen molar-refractivity contribution in [3.05, 3.63) is 24.3 Å². The third-order valence-corrected chi connectivity index (χ3v) is 3.61. The van der Waals surface area contributed by atoms with Crippen LogP contribution in [0.3, 0.4) is 0 Å². The molecule has 0 spiro atoms. The summed E-state index contributed by atoms with van der Waals surface area (Å²) in [6.45, 7) is 1.80. The molecule has 0 saturated carbocycles. The highest BCUT2D eigenvalue weighted by atomic mass is 19.4. The van der Waals surface area contributed by atoms with Gasteiger partial charge in [0.2, 0.25) is 0 Å². The van der Waals surface area contributed by atoms with Crippen molar-refractivity contribution in [2.45, 2.75) is 32.0 Å². The Hall–Kier alpha value is -2.12. The summed E-state index contributed by atoms with van der Waals surface area (Å²) in [6, 6.07) is 6.63. The predicted molar refractivity (Wildman–Crippen MR) is 82.3 cm³/mol. The number of carbonyl (C=O) groups excluding carboxylic acids is 1. The molecule has 1 heterocycles. The van der Waals surface area contributed by atoms with Crippen molar-refractivity contribution in [3.8, 4) is 11.5 Å². The van der Waals surface area contributed by atoms with Gasteiger partial charge in [-0.2, -0.15) is 13.2 Å². The molecule has 1 aliphatic heterocycles. The van der Waals surface area contributed by atoms with Gasteiger partial charge in [-0.1, -0.05) is 12.1 Å². The van der Waals surface area contributed by atoms with E-state index in [0.717, 1.165) is 0 Å². The van der Waals surface area contributed by atoms with Gasteiger partial charge in [-0.15, -0.1) is 0 Å². The average Bonchev–Trinajstić information content (AvgIpc) is 2.55. The molecule has 2 rings (SSSR count). The minimum Gasteiger partial charge on any atom is -0.490 e. The van der Waals surface area contributed by atoms with Gasteiger partial charge in [0.05, 0.1) is 6.61 Å². The summed E-state index contributed by atoms with van der Waals surface area (Å²) in [5, 5.41) is 1.88. The Kier molecular flexibility index (Phi) is 6.16. The van der Waals surface area contributed by atoms with Crippen LogP contribution in [-0.4, -0.2) is 49.5 Å². The highest BCUT2D eigenvalue weighted by Crippen LogP contribution is 2.29. The Morgan fingerprint density at radius 3 is 2.46 bits per heavy atom. The van der Waals surface area contributed by atoms with Crippen LogP contribution < -0.4 is 14.8 Å². The number of hydrogen-bond donors (Lipinski definition) is 1. The quantitative estimate of drug-likeness (QED) is 0.891. The van der Waals surface area contributed by atoms with E-state index in [4.69, 9.17) is 9.47 Å². The van der Waals surface area contributed by atoms with Crippen LogP contribution in [-0.2, 0) is 0 Å². The maximum Gasteiger partial charge on any atom is 0.405 e. The number of ether oxygens (including phenoxy) is 2. The lowest BCUT2D eigenvalue weighted by atomic mass is 10.1. The Morgan fingerprint density at radius 1 is 1.25 bits per heavy atom. The van der Waals surface area contributed by atoms with Crippen molar-refractivity contribution in [3.63, 3.8) is 0 Å². The van der Waals surface area contributed by atoms with E-state index in [9.17, 15) is 18.0 Å². The predicted octanol–water partition coefficient (Wildman–Crippen LogP) is 3.20. The Bertz CT molecular complexity index is 544. The van der Waals surface area contributed by atoms with E-state index in [2.05, 4.69) is 0 Å². The van der Waals surface area contributed by atoms with E-state index in [0.29, 0.717) is 44.0 Å². The topological polar surface area (TPSA) is 50.8 Å². The van der Waals surface area contributed by atoms with Gasteiger partial charge in [-0.05, 0) is 19.1 Å². The Labute approximate surface area is 138 Å². The molecule has 0 bridgehead atoms. The second-order valence-electron chi connectivity index (χ2n) is 5.46. The zero-order valence-electron chi connectivity index (χ0n) is 13.4. The van der Waals surface area contributed by atoms with Gasteiger partial charge in [0.15, 0.2) is 11.5 Å². The molecule has 1 aliphatic rings. The number of amides is 2. The van der Waals surface area contributed by atoms with Crippen LogP contribution in [0.25, 0.3) is 0 Å². The Balaban J connectivity index is 1.82. The van der Waals surface area contributed by atoms with E-state index in [-0.39, 0.29) is 6.10 Å². The maximum atomic E-state index is 12.1. The largest absolute Gasteiger partial charge is 0.490 e. The molecule has 0 atom stereocenters. The van der Waals surface area contributed by atoms with E-state index in [1.54, 1.807) is 0 Å². The molecule has 8 heteroatoms. The number of para-hydroxylation sites is 2. The first-order valence-corrected chi connectivity index (χ1v) is 7.87. The summed E-state index contributed by atoms with van der Waals surface area (Å²) in [4.78, 5) is 13.1. The monoisotopic (exact) mass is 346 g/mol. The van der Waals surface area contributed by atoms with Crippen LogP contribution in [0.4, 0.5) is 18.0 Å². The van der Waals surface area contributed by atoms with E-state index >= 15 is 0 Å². The number of hydrogen-bond acceptors (Lipinski definition) is 3. The molecule has 1 fully saturated rings. The first-order valence-electron chi connectivity index (χ1n) is 7.87. The number of halogens is 3. The third-order valence-electron chi connectivity index (χ3n) is 3.61. The van der Waals surface area contributed by atoms with Gasteiger partial charge in [0.25, 0.3) is 0 Å². The second kappa shape index (κ2) is 8.12. The molecular weight excluding hydrogens is 325 g/mol. The van der Waals surface area contributed by atoms with Crippen LogP contribution in [0.5, 0.6) is 11.5 Å². The Morgan fingerprint density at radius 2 is 1.88 bits per heavy atom. The highest BCUT2D eigenvalue weighted by Gasteiger charge is 2.30. The van der Waals surface area contributed by atoms with E-state index < -0.39 is 18.8 Å². The molecule has 2 amide bonds. The van der Waals surface area contributed by atoms with Gasteiger partial charge in [-0.3, -0.25) is 0 Å². The van der Waals surface area contributed by atoms with Crippen molar-refractivity contribution in [2.75, 3.05) is 26.2 Å². The first-order chi connectivity index (χ1) is 11.4. The number of nitrogens with one attached hydrogen (secondary N) is 1. The van der Waals surface area contributed by atoms with Crippen molar-refractivity contribution >= 4 is 6.03 Å². The maximum absolute atomic E-state index is 12.1. The van der Waals surface area contributed by atoms with Crippen LogP contribution in [0, 0.1) is 0 Å². The molecule has 0 unspecified atom stereocenters. The van der Waals surface area contributed by atoms with Crippen molar-refractivity contribution in [1.82, 2.24) is 10.2 Å². The molecule has 0 radical (unpaired) electrons. The fourth-order valence-corrected chi connectivity index (χ4v) is 2.47. The normalized spacial score (nSPS) is 15.9. The lowest BCUT2D eigenvalue weighted by Crippen LogP contribution is -2.48. The number of carbonyl (C=O) groups is 1. The minimum absolute atomic E-state index is 0.0988. The zero-order valence-corrected chi connectivity index (χ0v) is 13.4. The standard InChI is InChI=1S/C16H21F3N2O3/c1-2-23-13-5-3-4-6-14(13)24-12-7-9-21(10-8-12)15(22)20-11-16(17,18)19/h3-6,12H,2,7-11H2,1H3,(H,20,22). The smallest absolute Gasteiger partial charge is 0.405 e. The van der Waals surface area contributed by atoms with Crippen LogP contribution in [0.1, 0.15) is 19.8 Å². The molecule has 0 aromatic heterocycles. The fraction of sp³-hybridized carbons (Fsp3) is 0.562. The molecule has 1 aromatic rings. The lowest BCUT2D eigenvalue weighted by Gasteiger charge is -2.32. The molecule has 24 heavy (non-hydrogen) atoms. The molecule has 0 aliphatic carbocycles. The minimum atomic E-state index is -4.40. The second-order valence-corrected chi connectivity index (χ2v) is 5.46. The van der Waals surface area contributed by atoms with Crippen LogP contribution in [0.2, 0.25) is 0 Å². The van der Waals surface area contributed by atoms with E-state index in [1.807, 2.05) is 36.5 Å². The first kappa shape index (κ1) is 18.2. The summed E-state index contributed by atoms with van der Waals surface area (Å²) in [5.41, 5.74) is 0. The van der Waals surface area contributed by atoms with Crippen molar-refractivity contribution in [1.29, 1.82) is 0 Å². The van der Waals surface area contributed by atoms with Crippen LogP contribution in [0.15, 0.2) is 24.3 Å². The van der Waals surface area contributed by atoms with Gasteiger partial charge >= 0.3 is 12.2 Å². The molecule has 1 saturated heterocycles. The number of rotatable bonds is 5. The number of benzene rings is 1. The molecule has 1 aromatic carbocycles. The van der Waals surface area contributed by atoms with Crippen LogP contribution >= 0.6 is 0 Å². The molecule has 1 N–H and O–H groups in total. The summed E-state index contributed by atoms with van der Waals surface area (Å²) in [5.74, 6) is 1.30. The number of nitrogens with zero attached hydrogens (tertiary/aromatic N) is 1. The highest BCUT2D eigenvalue weighted by molar-refractivity contribution is 5.74. The molecule has 134 valence electrons. The number of urea groups is 1. The van der Waals surface area contributed by atoms with Gasteiger partial charge in [0.1, 0.15) is 12.6 Å². The third kappa shape index (κ3) is 5.50. The lowest BCUT2D eigenvalue weighted by molar-refractivity contribution is -0.123. The van der Waals surface area contributed by atoms with Crippen molar-refractivity contribution < 1.29 is 27.4 Å². The summed E-state index contributed by atoms with van der Waals surface area (Å²) in [6.07, 6.45) is -3.39. The van der Waals surface area contributed by atoms with Crippen molar-refractivity contribution in [2.24, 2.45) is 0 Å². The molecular formula is C16H21F3N2O3. The average molecular weight is 346 g/mol. The number of piperidine rings is 1. The molecule has 5 nitrogen and oxygen atoms in total. The summed E-state index contributed by atoms with van der Waals surface area (Å²) in [7, 11) is 0. The summed E-state index contributed by atoms with van der Waals surface area (Å²) >= 11 is 0. The number of alkyl halides is 3. The van der Waals surface area contributed by atoms with Gasteiger partial charge in [0, 0.05) is 25.9 Å². The van der Waals surface area contributed by atoms with E-state index in [1.165, 1.54) is 4.90 Å².